The maximum Gasteiger partial charge on any atom is 0.0952 e. The molecular formula is C11H17ClN2. The van der Waals surface area contributed by atoms with E-state index in [-0.39, 0.29) is 0 Å². The molecule has 2 unspecified atom stereocenters. The number of aromatic nitrogens is 2. The average molecular weight is 213 g/mol. The summed E-state index contributed by atoms with van der Waals surface area (Å²) in [5.41, 5.74) is 0.990. The Morgan fingerprint density at radius 2 is 2.29 bits per heavy atom. The fourth-order valence-electron chi connectivity index (χ4n) is 2.37. The minimum Gasteiger partial charge on any atom is -0.334 e. The molecular weight excluding hydrogens is 196 g/mol. The molecule has 2 nitrogen and oxygen atoms in total. The summed E-state index contributed by atoms with van der Waals surface area (Å²) >= 11 is 5.74. The van der Waals surface area contributed by atoms with Crippen LogP contribution in [0.15, 0.2) is 12.5 Å². The molecule has 3 heteroatoms. The molecule has 1 heterocycles. The van der Waals surface area contributed by atoms with Crippen molar-refractivity contribution in [1.82, 2.24) is 9.55 Å². The molecule has 1 aliphatic rings. The lowest BCUT2D eigenvalue weighted by atomic mass is 9.86. The van der Waals surface area contributed by atoms with Gasteiger partial charge in [0.1, 0.15) is 0 Å². The van der Waals surface area contributed by atoms with Crippen LogP contribution in [0.5, 0.6) is 0 Å². The molecule has 2 atom stereocenters. The van der Waals surface area contributed by atoms with E-state index in [0.717, 1.165) is 11.6 Å². The number of rotatable bonds is 2. The van der Waals surface area contributed by atoms with Crippen LogP contribution in [-0.2, 0) is 5.88 Å². The Labute approximate surface area is 90.3 Å². The van der Waals surface area contributed by atoms with Crippen LogP contribution in [0.25, 0.3) is 0 Å². The first kappa shape index (κ1) is 10.0. The molecule has 2 rings (SSSR count). The lowest BCUT2D eigenvalue weighted by molar-refractivity contribution is 0.257. The third-order valence-corrected chi connectivity index (χ3v) is 3.51. The van der Waals surface area contributed by atoms with Crippen LogP contribution in [0.2, 0.25) is 0 Å². The zero-order valence-corrected chi connectivity index (χ0v) is 9.37. The van der Waals surface area contributed by atoms with E-state index >= 15 is 0 Å². The van der Waals surface area contributed by atoms with Gasteiger partial charge in [-0.05, 0) is 18.8 Å². The van der Waals surface area contributed by atoms with Crippen molar-refractivity contribution < 1.29 is 0 Å². The van der Waals surface area contributed by atoms with Gasteiger partial charge >= 0.3 is 0 Å². The molecule has 0 N–H and O–H groups in total. The number of hydrogen-bond acceptors (Lipinski definition) is 1. The van der Waals surface area contributed by atoms with Crippen LogP contribution in [0.1, 0.15) is 44.3 Å². The van der Waals surface area contributed by atoms with Crippen LogP contribution in [0.3, 0.4) is 0 Å². The summed E-state index contributed by atoms with van der Waals surface area (Å²) in [6.45, 7) is 2.34. The van der Waals surface area contributed by atoms with Gasteiger partial charge in [0, 0.05) is 12.2 Å². The minimum absolute atomic E-state index is 0.522. The summed E-state index contributed by atoms with van der Waals surface area (Å²) in [5.74, 6) is 1.30. The van der Waals surface area contributed by atoms with Crippen molar-refractivity contribution in [2.45, 2.75) is 44.5 Å². The van der Waals surface area contributed by atoms with E-state index < -0.39 is 0 Å². The van der Waals surface area contributed by atoms with Gasteiger partial charge in [-0.3, -0.25) is 0 Å². The maximum absolute atomic E-state index is 5.74. The summed E-state index contributed by atoms with van der Waals surface area (Å²) in [4.78, 5) is 4.28. The lowest BCUT2D eigenvalue weighted by Crippen LogP contribution is -2.19. The number of imidazole rings is 1. The Morgan fingerprint density at radius 1 is 1.50 bits per heavy atom. The van der Waals surface area contributed by atoms with Gasteiger partial charge in [0.05, 0.1) is 17.9 Å². The highest BCUT2D eigenvalue weighted by molar-refractivity contribution is 6.16. The van der Waals surface area contributed by atoms with E-state index in [9.17, 15) is 0 Å². The molecule has 0 spiro atoms. The van der Waals surface area contributed by atoms with Crippen LogP contribution < -0.4 is 0 Å². The highest BCUT2D eigenvalue weighted by atomic mass is 35.5. The molecule has 78 valence electrons. The molecule has 0 aliphatic heterocycles. The van der Waals surface area contributed by atoms with Crippen LogP contribution in [0, 0.1) is 5.92 Å². The quantitative estimate of drug-likeness (QED) is 0.688. The second kappa shape index (κ2) is 4.35. The molecule has 0 aromatic carbocycles. The molecule has 14 heavy (non-hydrogen) atoms. The van der Waals surface area contributed by atoms with Gasteiger partial charge in [0.2, 0.25) is 0 Å². The predicted octanol–water partition coefficient (Wildman–Crippen LogP) is 3.37. The third-order valence-electron chi connectivity index (χ3n) is 3.24. The molecule has 0 saturated heterocycles. The third kappa shape index (κ3) is 1.95. The van der Waals surface area contributed by atoms with Crippen molar-refractivity contribution in [2.24, 2.45) is 5.92 Å². The SMILES string of the molecule is CC1CCCCC1n1cnc(CCl)c1. The molecule has 0 radical (unpaired) electrons. The van der Waals surface area contributed by atoms with Crippen LogP contribution >= 0.6 is 11.6 Å². The summed E-state index contributed by atoms with van der Waals surface area (Å²) in [5, 5.41) is 0. The first-order valence-electron chi connectivity index (χ1n) is 5.39. The van der Waals surface area contributed by atoms with Gasteiger partial charge in [-0.1, -0.05) is 19.8 Å². The fraction of sp³-hybridized carbons (Fsp3) is 0.727. The number of hydrogen-bond donors (Lipinski definition) is 0. The van der Waals surface area contributed by atoms with E-state index in [4.69, 9.17) is 11.6 Å². The van der Waals surface area contributed by atoms with Crippen molar-refractivity contribution in [1.29, 1.82) is 0 Å². The van der Waals surface area contributed by atoms with Crippen molar-refractivity contribution in [3.63, 3.8) is 0 Å². The molecule has 0 bridgehead atoms. The molecule has 1 saturated carbocycles. The number of halogens is 1. The van der Waals surface area contributed by atoms with E-state index in [1.807, 2.05) is 6.33 Å². The van der Waals surface area contributed by atoms with Crippen molar-refractivity contribution in [3.8, 4) is 0 Å². The first-order chi connectivity index (χ1) is 6.81. The van der Waals surface area contributed by atoms with Gasteiger partial charge in [0.25, 0.3) is 0 Å². The highest BCUT2D eigenvalue weighted by Crippen LogP contribution is 2.33. The second-order valence-corrected chi connectivity index (χ2v) is 4.54. The van der Waals surface area contributed by atoms with E-state index in [1.165, 1.54) is 25.7 Å². The van der Waals surface area contributed by atoms with Gasteiger partial charge < -0.3 is 4.57 Å². The Hall–Kier alpha value is -0.500. The minimum atomic E-state index is 0.522. The smallest absolute Gasteiger partial charge is 0.0952 e. The normalized spacial score (nSPS) is 27.9. The topological polar surface area (TPSA) is 17.8 Å². The summed E-state index contributed by atoms with van der Waals surface area (Å²) < 4.78 is 2.25. The molecule has 0 amide bonds. The second-order valence-electron chi connectivity index (χ2n) is 4.27. The average Bonchev–Trinajstić information content (AvgIpc) is 2.67. The van der Waals surface area contributed by atoms with Crippen molar-refractivity contribution >= 4 is 11.6 Å². The highest BCUT2D eigenvalue weighted by Gasteiger charge is 2.22. The summed E-state index contributed by atoms with van der Waals surface area (Å²) in [7, 11) is 0. The van der Waals surface area contributed by atoms with Gasteiger partial charge in [0.15, 0.2) is 0 Å². The predicted molar refractivity (Wildman–Crippen MR) is 58.5 cm³/mol. The van der Waals surface area contributed by atoms with Crippen LogP contribution in [-0.4, -0.2) is 9.55 Å². The molecule has 1 aromatic rings. The summed E-state index contributed by atoms with van der Waals surface area (Å²) in [6, 6.07) is 0.646. The molecule has 1 aliphatic carbocycles. The summed E-state index contributed by atoms with van der Waals surface area (Å²) in [6.07, 6.45) is 9.40. The number of nitrogens with zero attached hydrogens (tertiary/aromatic N) is 2. The van der Waals surface area contributed by atoms with E-state index in [1.54, 1.807) is 0 Å². The van der Waals surface area contributed by atoms with E-state index in [2.05, 4.69) is 22.7 Å². The first-order valence-corrected chi connectivity index (χ1v) is 5.93. The van der Waals surface area contributed by atoms with Crippen molar-refractivity contribution in [3.05, 3.63) is 18.2 Å². The van der Waals surface area contributed by atoms with Gasteiger partial charge in [-0.2, -0.15) is 0 Å². The van der Waals surface area contributed by atoms with Crippen LogP contribution in [0.4, 0.5) is 0 Å². The van der Waals surface area contributed by atoms with Gasteiger partial charge in [-0.25, -0.2) is 4.98 Å². The standard InChI is InChI=1S/C11H17ClN2/c1-9-4-2-3-5-11(9)14-7-10(6-12)13-8-14/h7-9,11H,2-6H2,1H3. The number of alkyl halides is 1. The Morgan fingerprint density at radius 3 is 2.93 bits per heavy atom. The van der Waals surface area contributed by atoms with E-state index in [0.29, 0.717) is 11.9 Å². The van der Waals surface area contributed by atoms with Gasteiger partial charge in [-0.15, -0.1) is 11.6 Å². The molecule has 1 fully saturated rings. The van der Waals surface area contributed by atoms with Crippen molar-refractivity contribution in [2.75, 3.05) is 0 Å². The monoisotopic (exact) mass is 212 g/mol. The lowest BCUT2D eigenvalue weighted by Gasteiger charge is -2.29. The fourth-order valence-corrected chi connectivity index (χ4v) is 2.51. The zero-order valence-electron chi connectivity index (χ0n) is 8.62. The zero-order chi connectivity index (χ0) is 9.97. The Kier molecular flexibility index (Phi) is 3.12. The molecule has 1 aromatic heterocycles. The maximum atomic E-state index is 5.74. The largest absolute Gasteiger partial charge is 0.334 e. The Bertz CT molecular complexity index is 295. The Balaban J connectivity index is 2.12.